The molecular formula is C20H39N3O2. The van der Waals surface area contributed by atoms with Gasteiger partial charge in [-0.25, -0.2) is 0 Å². The van der Waals surface area contributed by atoms with Crippen molar-refractivity contribution in [2.24, 2.45) is 16.3 Å². The van der Waals surface area contributed by atoms with E-state index in [1.807, 2.05) is 0 Å². The van der Waals surface area contributed by atoms with Gasteiger partial charge in [-0.3, -0.25) is 4.99 Å². The van der Waals surface area contributed by atoms with E-state index >= 15 is 0 Å². The standard InChI is InChI=1S/C20H39N3O2/c1-4-9-20(3)10-6-12-23(17-20)19(21-5-2)22-11-7-13-24-15-18-8-14-25-16-18/h18H,4-17H2,1-3H3,(H,21,22). The lowest BCUT2D eigenvalue weighted by atomic mass is 9.78. The summed E-state index contributed by atoms with van der Waals surface area (Å²) in [4.78, 5) is 7.33. The van der Waals surface area contributed by atoms with Gasteiger partial charge in [-0.05, 0) is 44.4 Å². The van der Waals surface area contributed by atoms with Crippen molar-refractivity contribution in [3.63, 3.8) is 0 Å². The fourth-order valence-corrected chi connectivity index (χ4v) is 4.05. The molecule has 1 N–H and O–H groups in total. The monoisotopic (exact) mass is 353 g/mol. The zero-order valence-electron chi connectivity index (χ0n) is 16.7. The first-order valence-corrected chi connectivity index (χ1v) is 10.4. The van der Waals surface area contributed by atoms with Gasteiger partial charge in [0.1, 0.15) is 0 Å². The van der Waals surface area contributed by atoms with Gasteiger partial charge in [0.25, 0.3) is 0 Å². The minimum atomic E-state index is 0.440. The maximum Gasteiger partial charge on any atom is 0.193 e. The second-order valence-electron chi connectivity index (χ2n) is 7.98. The maximum absolute atomic E-state index is 5.79. The molecular weight excluding hydrogens is 314 g/mol. The number of hydrogen-bond acceptors (Lipinski definition) is 3. The lowest BCUT2D eigenvalue weighted by molar-refractivity contribution is 0.0892. The summed E-state index contributed by atoms with van der Waals surface area (Å²) in [5.41, 5.74) is 0.440. The Morgan fingerprint density at radius 1 is 1.40 bits per heavy atom. The molecule has 0 aromatic rings. The van der Waals surface area contributed by atoms with E-state index in [-0.39, 0.29) is 0 Å². The normalized spacial score (nSPS) is 27.7. The van der Waals surface area contributed by atoms with E-state index in [0.717, 1.165) is 71.4 Å². The Labute approximate surface area is 154 Å². The second-order valence-corrected chi connectivity index (χ2v) is 7.98. The Morgan fingerprint density at radius 3 is 3.00 bits per heavy atom. The Balaban J connectivity index is 1.73. The summed E-state index contributed by atoms with van der Waals surface area (Å²) in [6.07, 6.45) is 7.32. The third kappa shape index (κ3) is 7.14. The first-order valence-electron chi connectivity index (χ1n) is 10.4. The van der Waals surface area contributed by atoms with Crippen LogP contribution in [0.15, 0.2) is 4.99 Å². The molecule has 0 aromatic heterocycles. The van der Waals surface area contributed by atoms with Crippen molar-refractivity contribution in [2.45, 2.75) is 59.3 Å². The SMILES string of the molecule is CCCC1(C)CCCN(C(=NCCCOCC2CCOC2)NCC)C1. The number of nitrogens with one attached hydrogen (secondary N) is 1. The summed E-state index contributed by atoms with van der Waals surface area (Å²) in [5, 5.41) is 3.49. The molecule has 146 valence electrons. The molecule has 2 fully saturated rings. The highest BCUT2D eigenvalue weighted by atomic mass is 16.5. The molecule has 0 spiro atoms. The molecule has 0 bridgehead atoms. The number of rotatable bonds is 9. The molecule has 0 amide bonds. The number of guanidine groups is 1. The molecule has 0 aliphatic carbocycles. The van der Waals surface area contributed by atoms with Crippen molar-refractivity contribution < 1.29 is 9.47 Å². The van der Waals surface area contributed by atoms with Gasteiger partial charge >= 0.3 is 0 Å². The van der Waals surface area contributed by atoms with E-state index < -0.39 is 0 Å². The van der Waals surface area contributed by atoms with Crippen LogP contribution in [0, 0.1) is 11.3 Å². The zero-order chi connectivity index (χ0) is 18.0. The average Bonchev–Trinajstić information content (AvgIpc) is 3.10. The first-order chi connectivity index (χ1) is 12.2. The van der Waals surface area contributed by atoms with Crippen molar-refractivity contribution in [1.82, 2.24) is 10.2 Å². The number of aliphatic imine (C=N–C) groups is 1. The molecule has 2 saturated heterocycles. The molecule has 2 atom stereocenters. The first kappa shape index (κ1) is 20.5. The highest BCUT2D eigenvalue weighted by Crippen LogP contribution is 2.33. The molecule has 0 saturated carbocycles. The van der Waals surface area contributed by atoms with Gasteiger partial charge in [0.2, 0.25) is 0 Å². The topological polar surface area (TPSA) is 46.1 Å². The highest BCUT2D eigenvalue weighted by Gasteiger charge is 2.31. The average molecular weight is 354 g/mol. The Bertz CT molecular complexity index is 392. The molecule has 2 unspecified atom stereocenters. The van der Waals surface area contributed by atoms with Crippen LogP contribution in [-0.4, -0.2) is 63.5 Å². The van der Waals surface area contributed by atoms with Crippen LogP contribution in [0.3, 0.4) is 0 Å². The van der Waals surface area contributed by atoms with Crippen molar-refractivity contribution >= 4 is 5.96 Å². The van der Waals surface area contributed by atoms with Crippen LogP contribution in [0.25, 0.3) is 0 Å². The molecule has 2 aliphatic rings. The van der Waals surface area contributed by atoms with Crippen LogP contribution in [0.4, 0.5) is 0 Å². The molecule has 0 aromatic carbocycles. The smallest absolute Gasteiger partial charge is 0.193 e. The fourth-order valence-electron chi connectivity index (χ4n) is 4.05. The van der Waals surface area contributed by atoms with E-state index in [0.29, 0.717) is 11.3 Å². The van der Waals surface area contributed by atoms with Crippen LogP contribution in [0.5, 0.6) is 0 Å². The highest BCUT2D eigenvalue weighted by molar-refractivity contribution is 5.80. The number of likely N-dealkylation sites (tertiary alicyclic amines) is 1. The van der Waals surface area contributed by atoms with E-state index in [2.05, 4.69) is 31.0 Å². The number of nitrogens with zero attached hydrogens (tertiary/aromatic N) is 2. The molecule has 2 heterocycles. The summed E-state index contributed by atoms with van der Waals surface area (Å²) in [7, 11) is 0. The lowest BCUT2D eigenvalue weighted by Crippen LogP contribution is -2.49. The molecule has 5 heteroatoms. The lowest BCUT2D eigenvalue weighted by Gasteiger charge is -2.42. The summed E-state index contributed by atoms with van der Waals surface area (Å²) >= 11 is 0. The molecule has 2 aliphatic heterocycles. The Kier molecular flexibility index (Phi) is 9.04. The molecule has 25 heavy (non-hydrogen) atoms. The van der Waals surface area contributed by atoms with E-state index in [1.165, 1.54) is 25.7 Å². The van der Waals surface area contributed by atoms with Crippen molar-refractivity contribution in [2.75, 3.05) is 52.6 Å². The quantitative estimate of drug-likeness (QED) is 0.392. The largest absolute Gasteiger partial charge is 0.381 e. The number of ether oxygens (including phenoxy) is 2. The summed E-state index contributed by atoms with van der Waals surface area (Å²) in [6.45, 7) is 14.3. The minimum absolute atomic E-state index is 0.440. The minimum Gasteiger partial charge on any atom is -0.381 e. The van der Waals surface area contributed by atoms with Crippen molar-refractivity contribution in [1.29, 1.82) is 0 Å². The second kappa shape index (κ2) is 11.0. The fraction of sp³-hybridized carbons (Fsp3) is 0.950. The van der Waals surface area contributed by atoms with Crippen LogP contribution >= 0.6 is 0 Å². The maximum atomic E-state index is 5.79. The van der Waals surface area contributed by atoms with Gasteiger partial charge in [0.05, 0.1) is 13.2 Å². The van der Waals surface area contributed by atoms with Gasteiger partial charge in [-0.1, -0.05) is 20.3 Å². The number of piperidine rings is 1. The van der Waals surface area contributed by atoms with Crippen LogP contribution in [0.2, 0.25) is 0 Å². The van der Waals surface area contributed by atoms with Gasteiger partial charge in [-0.15, -0.1) is 0 Å². The van der Waals surface area contributed by atoms with Gasteiger partial charge in [0.15, 0.2) is 5.96 Å². The summed E-state index contributed by atoms with van der Waals surface area (Å²) in [5.74, 6) is 1.69. The van der Waals surface area contributed by atoms with Gasteiger partial charge in [0, 0.05) is 45.3 Å². The predicted octanol–water partition coefficient (Wildman–Crippen LogP) is 3.30. The van der Waals surface area contributed by atoms with Crippen LogP contribution in [0.1, 0.15) is 59.3 Å². The molecule has 0 radical (unpaired) electrons. The van der Waals surface area contributed by atoms with Crippen molar-refractivity contribution in [3.8, 4) is 0 Å². The summed E-state index contributed by atoms with van der Waals surface area (Å²) < 4.78 is 11.2. The van der Waals surface area contributed by atoms with E-state index in [9.17, 15) is 0 Å². The third-order valence-corrected chi connectivity index (χ3v) is 5.35. The zero-order valence-corrected chi connectivity index (χ0v) is 16.7. The van der Waals surface area contributed by atoms with Crippen LogP contribution in [-0.2, 0) is 9.47 Å². The summed E-state index contributed by atoms with van der Waals surface area (Å²) in [6, 6.07) is 0. The number of hydrogen-bond donors (Lipinski definition) is 1. The molecule has 2 rings (SSSR count). The van der Waals surface area contributed by atoms with Gasteiger partial charge < -0.3 is 19.7 Å². The third-order valence-electron chi connectivity index (χ3n) is 5.35. The van der Waals surface area contributed by atoms with E-state index in [4.69, 9.17) is 14.5 Å². The Hall–Kier alpha value is -0.810. The van der Waals surface area contributed by atoms with Gasteiger partial charge in [-0.2, -0.15) is 0 Å². The predicted molar refractivity (Wildman–Crippen MR) is 104 cm³/mol. The van der Waals surface area contributed by atoms with Crippen LogP contribution < -0.4 is 5.32 Å². The van der Waals surface area contributed by atoms with E-state index in [1.54, 1.807) is 0 Å². The molecule has 5 nitrogen and oxygen atoms in total. The Morgan fingerprint density at radius 2 is 2.28 bits per heavy atom. The van der Waals surface area contributed by atoms with Crippen molar-refractivity contribution in [3.05, 3.63) is 0 Å².